The lowest BCUT2D eigenvalue weighted by Crippen LogP contribution is -2.26. The Morgan fingerprint density at radius 2 is 1.67 bits per heavy atom. The zero-order valence-electron chi connectivity index (χ0n) is 9.49. The van der Waals surface area contributed by atoms with Crippen molar-refractivity contribution in [3.8, 4) is 0 Å². The van der Waals surface area contributed by atoms with E-state index in [0.717, 1.165) is 11.1 Å². The molecule has 0 heterocycles. The van der Waals surface area contributed by atoms with Gasteiger partial charge in [-0.2, -0.15) is 0 Å². The second-order valence-corrected chi connectivity index (χ2v) is 3.87. The third-order valence-corrected chi connectivity index (χ3v) is 2.28. The van der Waals surface area contributed by atoms with Gasteiger partial charge in [-0.05, 0) is 25.0 Å². The third-order valence-electron chi connectivity index (χ3n) is 2.28. The van der Waals surface area contributed by atoms with E-state index in [4.69, 9.17) is 14.6 Å². The Morgan fingerprint density at radius 1 is 1.13 bits per heavy atom. The summed E-state index contributed by atoms with van der Waals surface area (Å²) in [5, 5.41) is 8.87. The molecule has 0 radical (unpaired) electrons. The zero-order chi connectivity index (χ0) is 11.3. The first-order chi connectivity index (χ1) is 7.07. The molecule has 0 aliphatic heterocycles. The minimum Gasteiger partial charge on any atom is -0.392 e. The highest BCUT2D eigenvalue weighted by Gasteiger charge is 2.16. The monoisotopic (exact) mass is 210 g/mol. The predicted octanol–water partition coefficient (Wildman–Crippen LogP) is 2.08. The van der Waals surface area contributed by atoms with E-state index in [0.29, 0.717) is 6.61 Å². The topological polar surface area (TPSA) is 38.7 Å². The molecule has 1 aromatic rings. The normalized spacial score (nSPS) is 11.7. The van der Waals surface area contributed by atoms with E-state index in [2.05, 4.69) is 0 Å². The van der Waals surface area contributed by atoms with Crippen molar-refractivity contribution in [1.82, 2.24) is 0 Å². The summed E-state index contributed by atoms with van der Waals surface area (Å²) >= 11 is 0. The first kappa shape index (κ1) is 12.2. The summed E-state index contributed by atoms with van der Waals surface area (Å²) in [6.07, 6.45) is 0. The standard InChI is InChI=1S/C12H18O3/c1-12(2,14-3)15-9-11-6-4-10(8-13)5-7-11/h4-7,13H,8-9H2,1-3H3. The number of hydrogen-bond acceptors (Lipinski definition) is 3. The van der Waals surface area contributed by atoms with Gasteiger partial charge in [0.1, 0.15) is 0 Å². The Balaban J connectivity index is 2.51. The smallest absolute Gasteiger partial charge is 0.162 e. The van der Waals surface area contributed by atoms with Gasteiger partial charge in [0.15, 0.2) is 5.79 Å². The molecule has 0 aliphatic rings. The molecule has 3 heteroatoms. The van der Waals surface area contributed by atoms with Crippen LogP contribution in [0.2, 0.25) is 0 Å². The largest absolute Gasteiger partial charge is 0.392 e. The maximum Gasteiger partial charge on any atom is 0.162 e. The van der Waals surface area contributed by atoms with Crippen LogP contribution >= 0.6 is 0 Å². The molecule has 0 bridgehead atoms. The SMILES string of the molecule is COC(C)(C)OCc1ccc(CO)cc1. The molecule has 1 aromatic carbocycles. The van der Waals surface area contributed by atoms with Crippen LogP contribution in [0.4, 0.5) is 0 Å². The summed E-state index contributed by atoms with van der Waals surface area (Å²) in [6.45, 7) is 4.32. The van der Waals surface area contributed by atoms with E-state index in [1.54, 1.807) is 7.11 Å². The number of hydrogen-bond donors (Lipinski definition) is 1. The molecule has 0 unspecified atom stereocenters. The van der Waals surface area contributed by atoms with Crippen LogP contribution in [0, 0.1) is 0 Å². The molecule has 0 amide bonds. The lowest BCUT2D eigenvalue weighted by molar-refractivity contribution is -0.204. The van der Waals surface area contributed by atoms with Crippen molar-refractivity contribution in [3.63, 3.8) is 0 Å². The van der Waals surface area contributed by atoms with Gasteiger partial charge in [0.2, 0.25) is 0 Å². The van der Waals surface area contributed by atoms with Gasteiger partial charge in [-0.3, -0.25) is 0 Å². The van der Waals surface area contributed by atoms with Gasteiger partial charge < -0.3 is 14.6 Å². The van der Waals surface area contributed by atoms with Gasteiger partial charge >= 0.3 is 0 Å². The van der Waals surface area contributed by atoms with Gasteiger partial charge in [-0.1, -0.05) is 24.3 Å². The number of methoxy groups -OCH3 is 1. The summed E-state index contributed by atoms with van der Waals surface area (Å²) in [7, 11) is 1.62. The Bertz CT molecular complexity index is 290. The Labute approximate surface area is 90.6 Å². The van der Waals surface area contributed by atoms with Crippen molar-refractivity contribution in [2.24, 2.45) is 0 Å². The summed E-state index contributed by atoms with van der Waals surface area (Å²) < 4.78 is 10.7. The van der Waals surface area contributed by atoms with Crippen molar-refractivity contribution in [3.05, 3.63) is 35.4 Å². The van der Waals surface area contributed by atoms with Crippen LogP contribution in [0.25, 0.3) is 0 Å². The van der Waals surface area contributed by atoms with Gasteiger partial charge in [-0.15, -0.1) is 0 Å². The number of rotatable bonds is 5. The van der Waals surface area contributed by atoms with Crippen molar-refractivity contribution in [1.29, 1.82) is 0 Å². The molecule has 0 aromatic heterocycles. The maximum absolute atomic E-state index is 8.87. The average Bonchev–Trinajstić information content (AvgIpc) is 2.27. The van der Waals surface area contributed by atoms with Crippen LogP contribution in [0.3, 0.4) is 0 Å². The van der Waals surface area contributed by atoms with E-state index in [1.165, 1.54) is 0 Å². The molecule has 1 N–H and O–H groups in total. The molecule has 0 saturated heterocycles. The van der Waals surface area contributed by atoms with Crippen molar-refractivity contribution in [2.75, 3.05) is 7.11 Å². The van der Waals surface area contributed by atoms with Crippen LogP contribution in [-0.4, -0.2) is 18.0 Å². The Morgan fingerprint density at radius 3 is 2.13 bits per heavy atom. The first-order valence-electron chi connectivity index (χ1n) is 4.95. The highest BCUT2D eigenvalue weighted by atomic mass is 16.7. The van der Waals surface area contributed by atoms with Gasteiger partial charge in [0.25, 0.3) is 0 Å². The molecule has 15 heavy (non-hydrogen) atoms. The lowest BCUT2D eigenvalue weighted by atomic mass is 10.1. The lowest BCUT2D eigenvalue weighted by Gasteiger charge is -2.23. The molecule has 0 fully saturated rings. The Kier molecular flexibility index (Phi) is 4.27. The van der Waals surface area contributed by atoms with Crippen LogP contribution in [0.1, 0.15) is 25.0 Å². The third kappa shape index (κ3) is 4.00. The van der Waals surface area contributed by atoms with Crippen molar-refractivity contribution >= 4 is 0 Å². The minimum absolute atomic E-state index is 0.0741. The predicted molar refractivity (Wildman–Crippen MR) is 58.2 cm³/mol. The van der Waals surface area contributed by atoms with E-state index in [9.17, 15) is 0 Å². The molecule has 0 spiro atoms. The van der Waals surface area contributed by atoms with Crippen molar-refractivity contribution < 1.29 is 14.6 Å². The summed E-state index contributed by atoms with van der Waals surface area (Å²) in [5.74, 6) is -0.560. The quantitative estimate of drug-likeness (QED) is 0.756. The number of benzene rings is 1. The molecule has 3 nitrogen and oxygen atoms in total. The van der Waals surface area contributed by atoms with Crippen LogP contribution in [0.15, 0.2) is 24.3 Å². The molecule has 84 valence electrons. The highest BCUT2D eigenvalue weighted by Crippen LogP contribution is 2.13. The fourth-order valence-electron chi connectivity index (χ4n) is 1.06. The fraction of sp³-hybridized carbons (Fsp3) is 0.500. The van der Waals surface area contributed by atoms with Gasteiger partial charge in [0.05, 0.1) is 13.2 Å². The summed E-state index contributed by atoms with van der Waals surface area (Å²) in [4.78, 5) is 0. The second kappa shape index (κ2) is 5.26. The molecule has 0 saturated carbocycles. The van der Waals surface area contributed by atoms with Crippen LogP contribution in [0.5, 0.6) is 0 Å². The number of aliphatic hydroxyl groups is 1. The second-order valence-electron chi connectivity index (χ2n) is 3.87. The summed E-state index contributed by atoms with van der Waals surface area (Å²) in [5.41, 5.74) is 1.97. The first-order valence-corrected chi connectivity index (χ1v) is 4.95. The van der Waals surface area contributed by atoms with E-state index < -0.39 is 5.79 Å². The average molecular weight is 210 g/mol. The molecule has 1 rings (SSSR count). The van der Waals surface area contributed by atoms with E-state index >= 15 is 0 Å². The fourth-order valence-corrected chi connectivity index (χ4v) is 1.06. The van der Waals surface area contributed by atoms with E-state index in [1.807, 2.05) is 38.1 Å². The highest BCUT2D eigenvalue weighted by molar-refractivity contribution is 5.21. The van der Waals surface area contributed by atoms with Crippen LogP contribution in [-0.2, 0) is 22.7 Å². The molecule has 0 atom stereocenters. The zero-order valence-corrected chi connectivity index (χ0v) is 9.49. The maximum atomic E-state index is 8.87. The minimum atomic E-state index is -0.560. The van der Waals surface area contributed by atoms with E-state index in [-0.39, 0.29) is 6.61 Å². The molecule has 0 aliphatic carbocycles. The van der Waals surface area contributed by atoms with Crippen LogP contribution < -0.4 is 0 Å². The van der Waals surface area contributed by atoms with Crippen molar-refractivity contribution in [2.45, 2.75) is 32.8 Å². The van der Waals surface area contributed by atoms with Gasteiger partial charge in [-0.25, -0.2) is 0 Å². The summed E-state index contributed by atoms with van der Waals surface area (Å²) in [6, 6.07) is 7.66. The molecular weight excluding hydrogens is 192 g/mol. The number of aliphatic hydroxyl groups excluding tert-OH is 1. The Hall–Kier alpha value is -0.900. The van der Waals surface area contributed by atoms with Gasteiger partial charge in [0, 0.05) is 7.11 Å². The number of ether oxygens (including phenoxy) is 2. The molecular formula is C12H18O3.